The number of hydrogen-bond donors (Lipinski definition) is 0. The van der Waals surface area contributed by atoms with Gasteiger partial charge in [-0.05, 0) is 72.8 Å². The van der Waals surface area contributed by atoms with Gasteiger partial charge in [-0.3, -0.25) is 0 Å². The maximum Gasteiger partial charge on any atom is -0.0128 e. The first-order chi connectivity index (χ1) is 8.78. The van der Waals surface area contributed by atoms with Crippen molar-refractivity contribution < 1.29 is 0 Å². The number of rotatable bonds is 0. The summed E-state index contributed by atoms with van der Waals surface area (Å²) in [5, 5.41) is 0. The molecule has 2 saturated carbocycles. The molecule has 2 fully saturated rings. The Kier molecular flexibility index (Phi) is 2.37. The summed E-state index contributed by atoms with van der Waals surface area (Å²) in [7, 11) is 0. The number of benzene rings is 1. The summed E-state index contributed by atoms with van der Waals surface area (Å²) in [5.41, 5.74) is 4.07. The van der Waals surface area contributed by atoms with Gasteiger partial charge >= 0.3 is 0 Å². The van der Waals surface area contributed by atoms with Crippen molar-refractivity contribution in [1.82, 2.24) is 0 Å². The molecule has 0 aliphatic heterocycles. The zero-order valence-corrected chi connectivity index (χ0v) is 11.5. The van der Waals surface area contributed by atoms with Crippen molar-refractivity contribution in [3.05, 3.63) is 35.4 Å². The number of aryl methyl sites for hydroxylation is 1. The second-order valence-corrected chi connectivity index (χ2v) is 7.20. The van der Waals surface area contributed by atoms with Crippen LogP contribution in [0.3, 0.4) is 0 Å². The Morgan fingerprint density at radius 2 is 1.94 bits per heavy atom. The highest BCUT2D eigenvalue weighted by atomic mass is 14.5. The van der Waals surface area contributed by atoms with Crippen molar-refractivity contribution in [2.24, 2.45) is 17.3 Å². The van der Waals surface area contributed by atoms with Gasteiger partial charge in [0.1, 0.15) is 0 Å². The topological polar surface area (TPSA) is 0 Å². The molecule has 4 rings (SSSR count). The molecule has 0 amide bonds. The smallest absolute Gasteiger partial charge is 0.0128 e. The third-order valence-corrected chi connectivity index (χ3v) is 6.42. The fraction of sp³-hybridized carbons (Fsp3) is 0.667. The van der Waals surface area contributed by atoms with Crippen LogP contribution in [0.4, 0.5) is 0 Å². The number of fused-ring (bicyclic) bond motifs is 5. The standard InChI is InChI=1S/C18H24/c1-18-11-4-7-17(18)16-9-8-13-5-2-3-6-14(13)15(16)10-12-18/h2-3,5-6,15-17H,4,7-12H2,1H3/t15-,16-,17+,18-/m1/s1. The second-order valence-electron chi connectivity index (χ2n) is 7.20. The van der Waals surface area contributed by atoms with Crippen molar-refractivity contribution in [2.75, 3.05) is 0 Å². The molecule has 3 aliphatic carbocycles. The Hall–Kier alpha value is -0.780. The third-order valence-electron chi connectivity index (χ3n) is 6.42. The van der Waals surface area contributed by atoms with E-state index in [9.17, 15) is 0 Å². The summed E-state index contributed by atoms with van der Waals surface area (Å²) in [6.07, 6.45) is 10.2. The first-order valence-electron chi connectivity index (χ1n) is 7.86. The van der Waals surface area contributed by atoms with Crippen LogP contribution in [-0.2, 0) is 6.42 Å². The van der Waals surface area contributed by atoms with Crippen LogP contribution in [0.25, 0.3) is 0 Å². The van der Waals surface area contributed by atoms with E-state index < -0.39 is 0 Å². The predicted molar refractivity (Wildman–Crippen MR) is 75.7 cm³/mol. The molecule has 0 unspecified atom stereocenters. The van der Waals surface area contributed by atoms with Gasteiger partial charge in [-0.1, -0.05) is 37.6 Å². The Balaban J connectivity index is 1.73. The molecule has 18 heavy (non-hydrogen) atoms. The van der Waals surface area contributed by atoms with E-state index >= 15 is 0 Å². The summed E-state index contributed by atoms with van der Waals surface area (Å²) in [4.78, 5) is 0. The normalized spacial score (nSPS) is 41.9. The molecule has 0 bridgehead atoms. The zero-order chi connectivity index (χ0) is 12.2. The molecule has 4 atom stereocenters. The highest BCUT2D eigenvalue weighted by Crippen LogP contribution is 2.60. The highest BCUT2D eigenvalue weighted by Gasteiger charge is 2.49. The zero-order valence-electron chi connectivity index (χ0n) is 11.5. The molecular formula is C18H24. The van der Waals surface area contributed by atoms with E-state index in [0.29, 0.717) is 5.41 Å². The van der Waals surface area contributed by atoms with E-state index in [4.69, 9.17) is 0 Å². The van der Waals surface area contributed by atoms with Crippen LogP contribution in [-0.4, -0.2) is 0 Å². The molecule has 0 radical (unpaired) electrons. The molecule has 0 saturated heterocycles. The largest absolute Gasteiger partial charge is 0.0620 e. The monoisotopic (exact) mass is 240 g/mol. The van der Waals surface area contributed by atoms with Crippen LogP contribution in [0.15, 0.2) is 24.3 Å². The molecule has 0 heterocycles. The van der Waals surface area contributed by atoms with E-state index in [-0.39, 0.29) is 0 Å². The number of hydrogen-bond acceptors (Lipinski definition) is 0. The van der Waals surface area contributed by atoms with E-state index in [2.05, 4.69) is 31.2 Å². The molecule has 96 valence electrons. The second kappa shape index (κ2) is 3.85. The minimum Gasteiger partial charge on any atom is -0.0620 e. The van der Waals surface area contributed by atoms with Crippen molar-refractivity contribution in [3.8, 4) is 0 Å². The van der Waals surface area contributed by atoms with Crippen LogP contribution < -0.4 is 0 Å². The van der Waals surface area contributed by atoms with Gasteiger partial charge in [0.15, 0.2) is 0 Å². The van der Waals surface area contributed by atoms with Crippen molar-refractivity contribution in [2.45, 2.75) is 57.8 Å². The Morgan fingerprint density at radius 1 is 1.06 bits per heavy atom. The minimum atomic E-state index is 0.702. The van der Waals surface area contributed by atoms with Gasteiger partial charge in [0.05, 0.1) is 0 Å². The van der Waals surface area contributed by atoms with Crippen molar-refractivity contribution in [1.29, 1.82) is 0 Å². The van der Waals surface area contributed by atoms with Gasteiger partial charge in [-0.25, -0.2) is 0 Å². The van der Waals surface area contributed by atoms with E-state index in [1.807, 2.05) is 0 Å². The Bertz CT molecular complexity index is 461. The summed E-state index contributed by atoms with van der Waals surface area (Å²) in [6, 6.07) is 9.27. The fourth-order valence-corrected chi connectivity index (χ4v) is 5.51. The molecule has 0 heteroatoms. The predicted octanol–water partition coefficient (Wildman–Crippen LogP) is 4.93. The van der Waals surface area contributed by atoms with Gasteiger partial charge in [0.25, 0.3) is 0 Å². The van der Waals surface area contributed by atoms with Crippen LogP contribution in [0.2, 0.25) is 0 Å². The maximum absolute atomic E-state index is 2.58. The Morgan fingerprint density at radius 3 is 2.89 bits per heavy atom. The lowest BCUT2D eigenvalue weighted by atomic mass is 9.56. The van der Waals surface area contributed by atoms with Crippen molar-refractivity contribution in [3.63, 3.8) is 0 Å². The SMILES string of the molecule is C[C@]12CCC[C@H]1[C@@H]1CCc3ccccc3[C@H]1CC2. The van der Waals surface area contributed by atoms with Gasteiger partial charge in [0.2, 0.25) is 0 Å². The fourth-order valence-electron chi connectivity index (χ4n) is 5.51. The van der Waals surface area contributed by atoms with Crippen LogP contribution in [0.5, 0.6) is 0 Å². The minimum absolute atomic E-state index is 0.702. The van der Waals surface area contributed by atoms with Gasteiger partial charge in [-0.15, -0.1) is 0 Å². The summed E-state index contributed by atoms with van der Waals surface area (Å²) in [5.74, 6) is 2.93. The molecule has 0 N–H and O–H groups in total. The van der Waals surface area contributed by atoms with Gasteiger partial charge < -0.3 is 0 Å². The molecule has 3 aliphatic rings. The van der Waals surface area contributed by atoms with Crippen molar-refractivity contribution >= 4 is 0 Å². The molecule has 1 aromatic carbocycles. The van der Waals surface area contributed by atoms with E-state index in [0.717, 1.165) is 17.8 Å². The summed E-state index contributed by atoms with van der Waals surface area (Å²) < 4.78 is 0. The van der Waals surface area contributed by atoms with Crippen LogP contribution >= 0.6 is 0 Å². The average molecular weight is 240 g/mol. The molecule has 0 nitrogen and oxygen atoms in total. The highest BCUT2D eigenvalue weighted by molar-refractivity contribution is 5.34. The quantitative estimate of drug-likeness (QED) is 0.603. The first kappa shape index (κ1) is 11.1. The lowest BCUT2D eigenvalue weighted by Gasteiger charge is -2.49. The van der Waals surface area contributed by atoms with Crippen LogP contribution in [0, 0.1) is 17.3 Å². The van der Waals surface area contributed by atoms with E-state index in [1.54, 1.807) is 11.1 Å². The first-order valence-corrected chi connectivity index (χ1v) is 7.86. The van der Waals surface area contributed by atoms with E-state index in [1.165, 1.54) is 44.9 Å². The van der Waals surface area contributed by atoms with Gasteiger partial charge in [-0.2, -0.15) is 0 Å². The lowest BCUT2D eigenvalue weighted by molar-refractivity contribution is 0.0598. The summed E-state index contributed by atoms with van der Waals surface area (Å²) >= 11 is 0. The average Bonchev–Trinajstić information content (AvgIpc) is 2.80. The Labute approximate surface area is 111 Å². The molecule has 0 aromatic heterocycles. The molecule has 1 aromatic rings. The van der Waals surface area contributed by atoms with Crippen LogP contribution in [0.1, 0.15) is 62.5 Å². The maximum atomic E-state index is 2.58. The van der Waals surface area contributed by atoms with Gasteiger partial charge in [0, 0.05) is 0 Å². The third kappa shape index (κ3) is 1.44. The lowest BCUT2D eigenvalue weighted by Crippen LogP contribution is -2.39. The molecular weight excluding hydrogens is 216 g/mol. The molecule has 0 spiro atoms. The summed E-state index contributed by atoms with van der Waals surface area (Å²) in [6.45, 7) is 2.58.